The summed E-state index contributed by atoms with van der Waals surface area (Å²) in [5.41, 5.74) is 0. The summed E-state index contributed by atoms with van der Waals surface area (Å²) in [6.45, 7) is 4.15. The summed E-state index contributed by atoms with van der Waals surface area (Å²) >= 11 is 0. The van der Waals surface area contributed by atoms with Crippen molar-refractivity contribution in [3.63, 3.8) is 0 Å². The lowest BCUT2D eigenvalue weighted by molar-refractivity contribution is -0.130. The molecule has 1 heterocycles. The molecule has 6 nitrogen and oxygen atoms in total. The van der Waals surface area contributed by atoms with Crippen LogP contribution in [-0.2, 0) is 19.6 Å². The van der Waals surface area contributed by atoms with E-state index in [0.29, 0.717) is 51.9 Å². The van der Waals surface area contributed by atoms with E-state index in [-0.39, 0.29) is 12.5 Å². The summed E-state index contributed by atoms with van der Waals surface area (Å²) in [6.07, 6.45) is 3.47. The van der Waals surface area contributed by atoms with Crippen LogP contribution in [0.2, 0.25) is 0 Å². The van der Waals surface area contributed by atoms with Gasteiger partial charge < -0.3 is 9.64 Å². The zero-order chi connectivity index (χ0) is 15.5. The number of hydrogen-bond acceptors (Lipinski definition) is 4. The summed E-state index contributed by atoms with van der Waals surface area (Å²) < 4.78 is 31.9. The van der Waals surface area contributed by atoms with E-state index in [1.807, 2.05) is 6.92 Å². The van der Waals surface area contributed by atoms with Crippen molar-refractivity contribution in [2.24, 2.45) is 0 Å². The maximum atomic E-state index is 12.9. The molecule has 122 valence electrons. The maximum Gasteiger partial charge on any atom is 0.222 e. The maximum absolute atomic E-state index is 12.9. The average molecular weight is 318 g/mol. The second-order valence-electron chi connectivity index (χ2n) is 5.96. The molecule has 1 saturated heterocycles. The van der Waals surface area contributed by atoms with Gasteiger partial charge in [-0.15, -0.1) is 0 Å². The Hall–Kier alpha value is -0.660. The highest BCUT2D eigenvalue weighted by Crippen LogP contribution is 2.41. The summed E-state index contributed by atoms with van der Waals surface area (Å²) in [7, 11) is -1.80. The van der Waals surface area contributed by atoms with Crippen LogP contribution in [0.1, 0.15) is 39.0 Å². The number of carbonyl (C=O) groups excluding carboxylic acids is 1. The molecule has 0 atom stereocenters. The fourth-order valence-corrected chi connectivity index (χ4v) is 5.50. The van der Waals surface area contributed by atoms with Crippen LogP contribution in [0.25, 0.3) is 0 Å². The van der Waals surface area contributed by atoms with Crippen molar-refractivity contribution in [3.8, 4) is 0 Å². The topological polar surface area (TPSA) is 66.9 Å². The molecule has 2 rings (SSSR count). The Morgan fingerprint density at radius 3 is 2.38 bits per heavy atom. The van der Waals surface area contributed by atoms with Crippen molar-refractivity contribution in [3.05, 3.63) is 0 Å². The minimum atomic E-state index is -3.36. The molecule has 0 bridgehead atoms. The van der Waals surface area contributed by atoms with Gasteiger partial charge in [-0.3, -0.25) is 4.79 Å². The normalized spacial score (nSPS) is 23.4. The number of amides is 1. The van der Waals surface area contributed by atoms with Gasteiger partial charge in [-0.25, -0.2) is 8.42 Å². The van der Waals surface area contributed by atoms with Gasteiger partial charge in [0.25, 0.3) is 0 Å². The second kappa shape index (κ2) is 6.62. The molecule has 0 aromatic carbocycles. The van der Waals surface area contributed by atoms with Gasteiger partial charge in [0.15, 0.2) is 0 Å². The Labute approximate surface area is 127 Å². The molecule has 0 spiro atoms. The fourth-order valence-electron chi connectivity index (χ4n) is 3.19. The summed E-state index contributed by atoms with van der Waals surface area (Å²) in [5.74, 6) is 0.101. The molecular formula is C14H26N2O4S. The van der Waals surface area contributed by atoms with Crippen LogP contribution in [0.5, 0.6) is 0 Å². The predicted octanol–water partition coefficient (Wildman–Crippen LogP) is 0.830. The average Bonchev–Trinajstić information content (AvgIpc) is 2.67. The van der Waals surface area contributed by atoms with E-state index in [2.05, 4.69) is 0 Å². The highest BCUT2D eigenvalue weighted by atomic mass is 32.2. The molecule has 21 heavy (non-hydrogen) atoms. The SMILES string of the molecule is CCC(=O)N1CCCN(S(=O)(=O)C2(COC)CCC2)CC1. The predicted molar refractivity (Wildman–Crippen MR) is 80.4 cm³/mol. The molecule has 0 N–H and O–H groups in total. The van der Waals surface area contributed by atoms with Crippen LogP contribution >= 0.6 is 0 Å². The first-order valence-electron chi connectivity index (χ1n) is 7.73. The van der Waals surface area contributed by atoms with E-state index >= 15 is 0 Å². The lowest BCUT2D eigenvalue weighted by atomic mass is 9.85. The highest BCUT2D eigenvalue weighted by molar-refractivity contribution is 7.90. The number of methoxy groups -OCH3 is 1. The van der Waals surface area contributed by atoms with E-state index < -0.39 is 14.8 Å². The number of carbonyl (C=O) groups is 1. The van der Waals surface area contributed by atoms with Crippen molar-refractivity contribution >= 4 is 15.9 Å². The third kappa shape index (κ3) is 3.10. The number of rotatable bonds is 5. The Bertz CT molecular complexity index is 473. The zero-order valence-corrected chi connectivity index (χ0v) is 13.8. The van der Waals surface area contributed by atoms with Gasteiger partial charge >= 0.3 is 0 Å². The first-order chi connectivity index (χ1) is 9.97. The minimum Gasteiger partial charge on any atom is -0.383 e. The summed E-state index contributed by atoms with van der Waals surface area (Å²) in [5, 5.41) is 0. The minimum absolute atomic E-state index is 0.101. The van der Waals surface area contributed by atoms with Crippen LogP contribution in [-0.4, -0.2) is 68.2 Å². The molecule has 0 aromatic heterocycles. The third-order valence-corrected chi connectivity index (χ3v) is 7.33. The lowest BCUT2D eigenvalue weighted by Gasteiger charge is -2.43. The number of nitrogens with zero attached hydrogens (tertiary/aromatic N) is 2. The second-order valence-corrected chi connectivity index (χ2v) is 8.29. The van der Waals surface area contributed by atoms with Crippen molar-refractivity contribution in [2.45, 2.75) is 43.8 Å². The highest BCUT2D eigenvalue weighted by Gasteiger charge is 2.51. The monoisotopic (exact) mass is 318 g/mol. The molecular weight excluding hydrogens is 292 g/mol. The molecule has 0 unspecified atom stereocenters. The number of ether oxygens (including phenoxy) is 1. The van der Waals surface area contributed by atoms with Gasteiger partial charge in [0.05, 0.1) is 6.61 Å². The van der Waals surface area contributed by atoms with E-state index in [0.717, 1.165) is 6.42 Å². The quantitative estimate of drug-likeness (QED) is 0.753. The molecule has 1 saturated carbocycles. The van der Waals surface area contributed by atoms with Crippen molar-refractivity contribution in [1.29, 1.82) is 0 Å². The van der Waals surface area contributed by atoms with Crippen LogP contribution in [0.15, 0.2) is 0 Å². The first kappa shape index (κ1) is 16.7. The smallest absolute Gasteiger partial charge is 0.222 e. The van der Waals surface area contributed by atoms with Crippen LogP contribution in [0, 0.1) is 0 Å². The standard InChI is InChI=1S/C14H26N2O4S/c1-3-13(17)15-8-5-9-16(11-10-15)21(18,19)14(12-20-2)6-4-7-14/h3-12H2,1-2H3. The molecule has 2 fully saturated rings. The molecule has 2 aliphatic rings. The summed E-state index contributed by atoms with van der Waals surface area (Å²) in [4.78, 5) is 13.6. The number of sulfonamides is 1. The molecule has 1 aliphatic carbocycles. The number of hydrogen-bond donors (Lipinski definition) is 0. The third-order valence-electron chi connectivity index (χ3n) is 4.67. The van der Waals surface area contributed by atoms with Gasteiger partial charge in [0.1, 0.15) is 4.75 Å². The van der Waals surface area contributed by atoms with Gasteiger partial charge in [-0.1, -0.05) is 13.3 Å². The van der Waals surface area contributed by atoms with Gasteiger partial charge in [-0.2, -0.15) is 4.31 Å². The molecule has 0 aromatic rings. The molecule has 1 aliphatic heterocycles. The van der Waals surface area contributed by atoms with Gasteiger partial charge in [0.2, 0.25) is 15.9 Å². The van der Waals surface area contributed by atoms with Gasteiger partial charge in [-0.05, 0) is 19.3 Å². The van der Waals surface area contributed by atoms with Crippen LogP contribution < -0.4 is 0 Å². The molecule has 0 radical (unpaired) electrons. The molecule has 7 heteroatoms. The lowest BCUT2D eigenvalue weighted by Crippen LogP contribution is -2.56. The van der Waals surface area contributed by atoms with E-state index in [4.69, 9.17) is 4.74 Å². The summed E-state index contributed by atoms with van der Waals surface area (Å²) in [6, 6.07) is 0. The Morgan fingerprint density at radius 2 is 1.86 bits per heavy atom. The van der Waals surface area contributed by atoms with Crippen molar-refractivity contribution < 1.29 is 17.9 Å². The van der Waals surface area contributed by atoms with Gasteiger partial charge in [0, 0.05) is 39.7 Å². The van der Waals surface area contributed by atoms with Crippen molar-refractivity contribution in [2.75, 3.05) is 39.9 Å². The van der Waals surface area contributed by atoms with Crippen molar-refractivity contribution in [1.82, 2.24) is 9.21 Å². The van der Waals surface area contributed by atoms with E-state index in [1.165, 1.54) is 0 Å². The van der Waals surface area contributed by atoms with Crippen LogP contribution in [0.4, 0.5) is 0 Å². The zero-order valence-electron chi connectivity index (χ0n) is 13.0. The van der Waals surface area contributed by atoms with E-state index in [9.17, 15) is 13.2 Å². The Balaban J connectivity index is 2.09. The molecule has 1 amide bonds. The largest absolute Gasteiger partial charge is 0.383 e. The Kier molecular flexibility index (Phi) is 5.27. The Morgan fingerprint density at radius 1 is 1.14 bits per heavy atom. The first-order valence-corrected chi connectivity index (χ1v) is 9.17. The fraction of sp³-hybridized carbons (Fsp3) is 0.929. The van der Waals surface area contributed by atoms with Crippen LogP contribution in [0.3, 0.4) is 0 Å². The van der Waals surface area contributed by atoms with E-state index in [1.54, 1.807) is 16.3 Å².